The molecule has 0 aromatic carbocycles. The molecule has 7 nitrogen and oxygen atoms in total. The normalized spacial score (nSPS) is 19.0. The lowest BCUT2D eigenvalue weighted by atomic mass is 10.1. The van der Waals surface area contributed by atoms with Crippen LogP contribution in [0.3, 0.4) is 0 Å². The fourth-order valence-electron chi connectivity index (χ4n) is 2.64. The third-order valence-corrected chi connectivity index (χ3v) is 3.88. The number of aromatic amines is 1. The van der Waals surface area contributed by atoms with Gasteiger partial charge in [0.05, 0.1) is 31.1 Å². The number of nitrogens with zero attached hydrogens (tertiary/aromatic N) is 4. The molecule has 3 rings (SSSR count). The highest BCUT2D eigenvalue weighted by Gasteiger charge is 2.30. The van der Waals surface area contributed by atoms with Crippen molar-refractivity contribution in [3.63, 3.8) is 0 Å². The summed E-state index contributed by atoms with van der Waals surface area (Å²) in [4.78, 5) is 18.6. The summed E-state index contributed by atoms with van der Waals surface area (Å²) in [5.74, 6) is 0.907. The molecular weight excluding hydrogens is 270 g/mol. The minimum atomic E-state index is -0.0995. The zero-order chi connectivity index (χ0) is 14.8. The lowest BCUT2D eigenvalue weighted by molar-refractivity contribution is -0.141. The molecule has 0 unspecified atom stereocenters. The van der Waals surface area contributed by atoms with Gasteiger partial charge in [0.1, 0.15) is 12.4 Å². The number of ether oxygens (including phenoxy) is 1. The summed E-state index contributed by atoms with van der Waals surface area (Å²) in [6.07, 6.45) is 5.30. The van der Waals surface area contributed by atoms with Gasteiger partial charge in [-0.25, -0.2) is 4.98 Å². The van der Waals surface area contributed by atoms with Gasteiger partial charge in [-0.1, -0.05) is 0 Å². The molecule has 0 radical (unpaired) electrons. The molecule has 1 aliphatic rings. The van der Waals surface area contributed by atoms with E-state index in [1.54, 1.807) is 12.4 Å². The van der Waals surface area contributed by atoms with Gasteiger partial charge < -0.3 is 14.2 Å². The molecule has 1 atom stereocenters. The molecule has 21 heavy (non-hydrogen) atoms. The highest BCUT2D eigenvalue weighted by atomic mass is 16.5. The summed E-state index contributed by atoms with van der Waals surface area (Å²) < 4.78 is 7.40. The van der Waals surface area contributed by atoms with Crippen LogP contribution in [0.25, 0.3) is 0 Å². The third kappa shape index (κ3) is 2.69. The molecule has 1 N–H and O–H groups in total. The molecule has 1 amide bonds. The minimum Gasteiger partial charge on any atom is -0.377 e. The van der Waals surface area contributed by atoms with E-state index < -0.39 is 0 Å². The van der Waals surface area contributed by atoms with E-state index in [1.165, 1.54) is 0 Å². The Morgan fingerprint density at radius 1 is 1.52 bits per heavy atom. The van der Waals surface area contributed by atoms with Crippen LogP contribution in [-0.4, -0.2) is 50.3 Å². The second kappa shape index (κ2) is 5.69. The van der Waals surface area contributed by atoms with Gasteiger partial charge in [0, 0.05) is 18.9 Å². The van der Waals surface area contributed by atoms with Gasteiger partial charge in [0.2, 0.25) is 5.91 Å². The predicted octanol–water partition coefficient (Wildman–Crippen LogP) is 0.823. The van der Waals surface area contributed by atoms with Crippen LogP contribution in [0.5, 0.6) is 0 Å². The Bertz CT molecular complexity index is 633. The maximum absolute atomic E-state index is 12.6. The summed E-state index contributed by atoms with van der Waals surface area (Å²) >= 11 is 0. The zero-order valence-electron chi connectivity index (χ0n) is 12.2. The maximum Gasteiger partial charge on any atom is 0.243 e. The topological polar surface area (TPSA) is 76.0 Å². The summed E-state index contributed by atoms with van der Waals surface area (Å²) in [5, 5.41) is 7.03. The average Bonchev–Trinajstić information content (AvgIpc) is 3.08. The van der Waals surface area contributed by atoms with Crippen molar-refractivity contribution >= 4 is 5.91 Å². The Hall–Kier alpha value is -2.15. The number of imidazole rings is 1. The molecule has 1 aliphatic heterocycles. The van der Waals surface area contributed by atoms with Crippen LogP contribution in [0, 0.1) is 13.8 Å². The molecule has 0 spiro atoms. The van der Waals surface area contributed by atoms with Crippen LogP contribution in [-0.2, 0) is 16.1 Å². The van der Waals surface area contributed by atoms with E-state index in [9.17, 15) is 4.79 Å². The van der Waals surface area contributed by atoms with Crippen molar-refractivity contribution < 1.29 is 9.53 Å². The third-order valence-electron chi connectivity index (χ3n) is 3.88. The molecule has 7 heteroatoms. The van der Waals surface area contributed by atoms with E-state index in [-0.39, 0.29) is 11.9 Å². The van der Waals surface area contributed by atoms with Gasteiger partial charge in [0.25, 0.3) is 0 Å². The smallest absolute Gasteiger partial charge is 0.243 e. The van der Waals surface area contributed by atoms with E-state index >= 15 is 0 Å². The van der Waals surface area contributed by atoms with Crippen LogP contribution in [0.4, 0.5) is 0 Å². The van der Waals surface area contributed by atoms with Crippen molar-refractivity contribution in [1.82, 2.24) is 24.6 Å². The summed E-state index contributed by atoms with van der Waals surface area (Å²) in [7, 11) is 0. The van der Waals surface area contributed by atoms with Crippen molar-refractivity contribution in [2.75, 3.05) is 19.8 Å². The number of hydrogen-bond acceptors (Lipinski definition) is 4. The van der Waals surface area contributed by atoms with Crippen molar-refractivity contribution in [2.24, 2.45) is 0 Å². The number of aryl methyl sites for hydroxylation is 2. The van der Waals surface area contributed by atoms with Crippen LogP contribution in [0.2, 0.25) is 0 Å². The van der Waals surface area contributed by atoms with Crippen molar-refractivity contribution in [2.45, 2.75) is 26.4 Å². The largest absolute Gasteiger partial charge is 0.377 e. The molecule has 2 aromatic rings. The van der Waals surface area contributed by atoms with Crippen molar-refractivity contribution in [1.29, 1.82) is 0 Å². The van der Waals surface area contributed by atoms with Gasteiger partial charge in [-0.2, -0.15) is 5.10 Å². The Morgan fingerprint density at radius 2 is 2.38 bits per heavy atom. The monoisotopic (exact) mass is 289 g/mol. The highest BCUT2D eigenvalue weighted by molar-refractivity contribution is 5.76. The number of nitrogens with one attached hydrogen (secondary N) is 1. The first-order chi connectivity index (χ1) is 10.2. The second-order valence-corrected chi connectivity index (χ2v) is 5.25. The number of rotatable bonds is 3. The summed E-state index contributed by atoms with van der Waals surface area (Å²) in [6.45, 7) is 5.83. The number of aromatic nitrogens is 4. The number of carbonyl (C=O) groups is 1. The first kappa shape index (κ1) is 13.8. The van der Waals surface area contributed by atoms with Crippen LogP contribution in [0.1, 0.15) is 23.1 Å². The van der Waals surface area contributed by atoms with Crippen LogP contribution < -0.4 is 0 Å². The Kier molecular flexibility index (Phi) is 3.74. The van der Waals surface area contributed by atoms with E-state index in [4.69, 9.17) is 4.74 Å². The number of hydrogen-bond donors (Lipinski definition) is 1. The standard InChI is InChI=1S/C14H19N5O2/c1-10-7-16-17-14(10)12-9-21-6-5-19(12)13(20)8-18-4-3-15-11(18)2/h3-4,7,12H,5-6,8-9H2,1-2H3,(H,16,17)/t12-/m0/s1. The number of H-pyrrole nitrogens is 1. The molecule has 3 heterocycles. The maximum atomic E-state index is 12.6. The van der Waals surface area contributed by atoms with Gasteiger partial charge in [-0.3, -0.25) is 9.89 Å². The molecule has 0 aliphatic carbocycles. The zero-order valence-corrected chi connectivity index (χ0v) is 12.2. The van der Waals surface area contributed by atoms with Gasteiger partial charge in [-0.05, 0) is 19.4 Å². The molecule has 2 aromatic heterocycles. The molecular formula is C14H19N5O2. The lowest BCUT2D eigenvalue weighted by Crippen LogP contribution is -2.45. The number of amides is 1. The Labute approximate surface area is 122 Å². The molecule has 1 fully saturated rings. The van der Waals surface area contributed by atoms with Crippen molar-refractivity contribution in [3.05, 3.63) is 35.7 Å². The van der Waals surface area contributed by atoms with Crippen molar-refractivity contribution in [3.8, 4) is 0 Å². The minimum absolute atomic E-state index is 0.0680. The fraction of sp³-hybridized carbons (Fsp3) is 0.500. The van der Waals surface area contributed by atoms with E-state index in [2.05, 4.69) is 15.2 Å². The lowest BCUT2D eigenvalue weighted by Gasteiger charge is -2.35. The predicted molar refractivity (Wildman–Crippen MR) is 75.6 cm³/mol. The molecule has 1 saturated heterocycles. The SMILES string of the molecule is Cc1cn[nH]c1[C@@H]1COCCN1C(=O)Cn1ccnc1C. The molecule has 0 bridgehead atoms. The molecule has 0 saturated carbocycles. The Balaban J connectivity index is 1.79. The van der Waals surface area contributed by atoms with E-state index in [0.717, 1.165) is 17.1 Å². The quantitative estimate of drug-likeness (QED) is 0.907. The second-order valence-electron chi connectivity index (χ2n) is 5.25. The fourth-order valence-corrected chi connectivity index (χ4v) is 2.64. The average molecular weight is 289 g/mol. The summed E-state index contributed by atoms with van der Waals surface area (Å²) in [5.41, 5.74) is 1.99. The van der Waals surface area contributed by atoms with Gasteiger partial charge >= 0.3 is 0 Å². The number of carbonyl (C=O) groups excluding carboxylic acids is 1. The highest BCUT2D eigenvalue weighted by Crippen LogP contribution is 2.25. The van der Waals surface area contributed by atoms with E-state index in [1.807, 2.05) is 29.5 Å². The molecule has 112 valence electrons. The first-order valence-electron chi connectivity index (χ1n) is 7.01. The number of morpholine rings is 1. The summed E-state index contributed by atoms with van der Waals surface area (Å²) in [6, 6.07) is -0.0995. The van der Waals surface area contributed by atoms with E-state index in [0.29, 0.717) is 26.3 Å². The van der Waals surface area contributed by atoms with Crippen LogP contribution >= 0.6 is 0 Å². The van der Waals surface area contributed by atoms with Gasteiger partial charge in [-0.15, -0.1) is 0 Å². The van der Waals surface area contributed by atoms with Crippen LogP contribution in [0.15, 0.2) is 18.6 Å². The first-order valence-corrected chi connectivity index (χ1v) is 7.01. The Morgan fingerprint density at radius 3 is 3.05 bits per heavy atom. The van der Waals surface area contributed by atoms with Gasteiger partial charge in [0.15, 0.2) is 0 Å².